The number of benzene rings is 2. The number of hydrogen-bond donors (Lipinski definition) is 1. The van der Waals surface area contributed by atoms with E-state index in [0.717, 1.165) is 32.0 Å². The highest BCUT2D eigenvalue weighted by Crippen LogP contribution is 2.27. The van der Waals surface area contributed by atoms with E-state index in [2.05, 4.69) is 27.1 Å². The summed E-state index contributed by atoms with van der Waals surface area (Å²) in [6, 6.07) is 11.3. The lowest BCUT2D eigenvalue weighted by molar-refractivity contribution is 0.161. The van der Waals surface area contributed by atoms with Crippen LogP contribution in [0.5, 0.6) is 0 Å². The third-order valence-corrected chi connectivity index (χ3v) is 5.63. The maximum absolute atomic E-state index is 14.1. The number of ether oxygens (including phenoxy) is 1. The molecule has 2 aromatic rings. The molecule has 0 aromatic heterocycles. The Morgan fingerprint density at radius 3 is 2.63 bits per heavy atom. The molecule has 0 radical (unpaired) electrons. The number of hydrogen-bond acceptors (Lipinski definition) is 3. The Hall–Kier alpha value is -2.54. The molecule has 30 heavy (non-hydrogen) atoms. The van der Waals surface area contributed by atoms with Crippen LogP contribution in [-0.4, -0.2) is 43.8 Å². The van der Waals surface area contributed by atoms with Crippen LogP contribution in [0.15, 0.2) is 42.5 Å². The fourth-order valence-electron chi connectivity index (χ4n) is 4.03. The molecule has 1 heterocycles. The van der Waals surface area contributed by atoms with Gasteiger partial charge >= 0.3 is 6.09 Å². The molecule has 2 unspecified atom stereocenters. The summed E-state index contributed by atoms with van der Waals surface area (Å²) in [5, 5.41) is 2.69. The van der Waals surface area contributed by atoms with Gasteiger partial charge in [0.25, 0.3) is 0 Å². The number of rotatable bonds is 7. The summed E-state index contributed by atoms with van der Waals surface area (Å²) >= 11 is 0. The number of nitrogens with one attached hydrogen (secondary N) is 1. The van der Waals surface area contributed by atoms with Crippen LogP contribution >= 0.6 is 0 Å². The van der Waals surface area contributed by atoms with Crippen molar-refractivity contribution >= 4 is 6.09 Å². The molecule has 4 nitrogen and oxygen atoms in total. The van der Waals surface area contributed by atoms with Gasteiger partial charge in [-0.2, -0.15) is 0 Å². The summed E-state index contributed by atoms with van der Waals surface area (Å²) < 4.78 is 45.5. The molecule has 1 fully saturated rings. The van der Waals surface area contributed by atoms with Gasteiger partial charge in [-0.3, -0.25) is 0 Å². The van der Waals surface area contributed by atoms with E-state index in [-0.39, 0.29) is 12.0 Å². The van der Waals surface area contributed by atoms with E-state index in [0.29, 0.717) is 24.9 Å². The zero-order valence-electron chi connectivity index (χ0n) is 17.0. The van der Waals surface area contributed by atoms with E-state index in [4.69, 9.17) is 0 Å². The first kappa shape index (κ1) is 22.2. The van der Waals surface area contributed by atoms with Crippen molar-refractivity contribution < 1.29 is 22.7 Å². The van der Waals surface area contributed by atoms with Crippen molar-refractivity contribution in [2.45, 2.75) is 37.6 Å². The van der Waals surface area contributed by atoms with Crippen molar-refractivity contribution in [2.75, 3.05) is 26.7 Å². The van der Waals surface area contributed by atoms with Gasteiger partial charge in [-0.15, -0.1) is 0 Å². The fourth-order valence-corrected chi connectivity index (χ4v) is 4.03. The zero-order chi connectivity index (χ0) is 21.5. The maximum Gasteiger partial charge on any atom is 0.407 e. The molecule has 7 heteroatoms. The van der Waals surface area contributed by atoms with Crippen LogP contribution in [0.3, 0.4) is 0 Å². The Morgan fingerprint density at radius 2 is 1.90 bits per heavy atom. The summed E-state index contributed by atoms with van der Waals surface area (Å²) in [5.74, 6) is -2.71. The molecule has 162 valence electrons. The normalized spacial score (nSPS) is 18.1. The summed E-state index contributed by atoms with van der Waals surface area (Å²) in [7, 11) is 1.25. The highest BCUT2D eigenvalue weighted by Gasteiger charge is 2.23. The third kappa shape index (κ3) is 5.98. The molecule has 0 aliphatic carbocycles. The summed E-state index contributed by atoms with van der Waals surface area (Å²) in [4.78, 5) is 14.1. The van der Waals surface area contributed by atoms with Gasteiger partial charge in [-0.1, -0.05) is 30.3 Å². The molecular formula is C23H27F3N2O2. The van der Waals surface area contributed by atoms with Gasteiger partial charge in [-0.25, -0.2) is 18.0 Å². The highest BCUT2D eigenvalue weighted by molar-refractivity contribution is 5.67. The van der Waals surface area contributed by atoms with Crippen molar-refractivity contribution in [3.05, 3.63) is 71.0 Å². The minimum atomic E-state index is -1.23. The summed E-state index contributed by atoms with van der Waals surface area (Å²) in [6.45, 7) is 2.56. The SMILES string of the molecule is COC(=O)NC(CCN1CCCC(c2ccccc2)C1)Cc1cc(F)c(F)cc1F. The molecule has 2 aromatic carbocycles. The average Bonchev–Trinajstić information content (AvgIpc) is 2.76. The lowest BCUT2D eigenvalue weighted by atomic mass is 9.90. The van der Waals surface area contributed by atoms with E-state index in [1.807, 2.05) is 18.2 Å². The number of halogens is 3. The lowest BCUT2D eigenvalue weighted by Gasteiger charge is -2.34. The molecular weight excluding hydrogens is 393 g/mol. The lowest BCUT2D eigenvalue weighted by Crippen LogP contribution is -2.41. The standard InChI is InChI=1S/C23H27F3N2O2/c1-30-23(29)27-19(12-18-13-21(25)22(26)14-20(18)24)9-11-28-10-5-8-17(15-28)16-6-3-2-4-7-16/h2-4,6-7,13-14,17,19H,5,8-12,15H2,1H3,(H,27,29). The Kier molecular flexibility index (Phi) is 7.74. The Balaban J connectivity index is 1.63. The predicted octanol–water partition coefficient (Wildman–Crippen LogP) is 4.64. The zero-order valence-corrected chi connectivity index (χ0v) is 17.0. The van der Waals surface area contributed by atoms with Gasteiger partial charge < -0.3 is 15.0 Å². The minimum absolute atomic E-state index is 0.0242. The second kappa shape index (κ2) is 10.5. The molecule has 1 saturated heterocycles. The molecule has 1 aliphatic rings. The smallest absolute Gasteiger partial charge is 0.407 e. The van der Waals surface area contributed by atoms with Gasteiger partial charge in [0.15, 0.2) is 11.6 Å². The van der Waals surface area contributed by atoms with E-state index in [9.17, 15) is 18.0 Å². The van der Waals surface area contributed by atoms with Crippen molar-refractivity contribution in [3.63, 3.8) is 0 Å². The first-order valence-electron chi connectivity index (χ1n) is 10.2. The van der Waals surface area contributed by atoms with Crippen LogP contribution in [-0.2, 0) is 11.2 Å². The highest BCUT2D eigenvalue weighted by atomic mass is 19.2. The molecule has 0 bridgehead atoms. The van der Waals surface area contributed by atoms with Gasteiger partial charge in [0.2, 0.25) is 0 Å². The molecule has 2 atom stereocenters. The predicted molar refractivity (Wildman–Crippen MR) is 109 cm³/mol. The van der Waals surface area contributed by atoms with Crippen molar-refractivity contribution in [1.29, 1.82) is 0 Å². The number of likely N-dealkylation sites (tertiary alicyclic amines) is 1. The van der Waals surface area contributed by atoms with Crippen LogP contribution < -0.4 is 5.32 Å². The molecule has 0 spiro atoms. The van der Waals surface area contributed by atoms with E-state index >= 15 is 0 Å². The van der Waals surface area contributed by atoms with E-state index in [1.54, 1.807) is 0 Å². The van der Waals surface area contributed by atoms with E-state index < -0.39 is 29.6 Å². The van der Waals surface area contributed by atoms with E-state index in [1.165, 1.54) is 12.7 Å². The van der Waals surface area contributed by atoms with Gasteiger partial charge in [0, 0.05) is 25.2 Å². The first-order chi connectivity index (χ1) is 14.5. The largest absolute Gasteiger partial charge is 0.453 e. The number of carbonyl (C=O) groups excluding carboxylic acids is 1. The number of alkyl carbamates (subject to hydrolysis) is 1. The number of methoxy groups -OCH3 is 1. The summed E-state index contributed by atoms with van der Waals surface area (Å²) in [6.07, 6.45) is 2.16. The number of piperidine rings is 1. The summed E-state index contributed by atoms with van der Waals surface area (Å²) in [5.41, 5.74) is 1.34. The minimum Gasteiger partial charge on any atom is -0.453 e. The average molecular weight is 420 g/mol. The first-order valence-corrected chi connectivity index (χ1v) is 10.2. The molecule has 1 amide bonds. The van der Waals surface area contributed by atoms with Crippen molar-refractivity contribution in [1.82, 2.24) is 10.2 Å². The van der Waals surface area contributed by atoms with Crippen LogP contribution in [0.2, 0.25) is 0 Å². The van der Waals surface area contributed by atoms with Gasteiger partial charge in [-0.05, 0) is 55.3 Å². The Morgan fingerprint density at radius 1 is 1.17 bits per heavy atom. The Labute approximate surface area is 175 Å². The Bertz CT molecular complexity index is 848. The van der Waals surface area contributed by atoms with Crippen molar-refractivity contribution in [3.8, 4) is 0 Å². The topological polar surface area (TPSA) is 41.6 Å². The van der Waals surface area contributed by atoms with Crippen LogP contribution in [0.1, 0.15) is 36.3 Å². The second-order valence-corrected chi connectivity index (χ2v) is 7.73. The number of carbonyl (C=O) groups is 1. The quantitative estimate of drug-likeness (QED) is 0.664. The number of amides is 1. The molecule has 1 N–H and O–H groups in total. The van der Waals surface area contributed by atoms with Gasteiger partial charge in [0.1, 0.15) is 5.82 Å². The monoisotopic (exact) mass is 420 g/mol. The number of nitrogens with zero attached hydrogens (tertiary/aromatic N) is 1. The van der Waals surface area contributed by atoms with Crippen LogP contribution in [0, 0.1) is 17.5 Å². The second-order valence-electron chi connectivity index (χ2n) is 7.73. The van der Waals surface area contributed by atoms with Gasteiger partial charge in [0.05, 0.1) is 7.11 Å². The molecule has 3 rings (SSSR count). The van der Waals surface area contributed by atoms with Crippen LogP contribution in [0.4, 0.5) is 18.0 Å². The fraction of sp³-hybridized carbons (Fsp3) is 0.435. The van der Waals surface area contributed by atoms with Crippen LogP contribution in [0.25, 0.3) is 0 Å². The maximum atomic E-state index is 14.1. The molecule has 1 aliphatic heterocycles. The van der Waals surface area contributed by atoms with Crippen molar-refractivity contribution in [2.24, 2.45) is 0 Å². The molecule has 0 saturated carbocycles. The third-order valence-electron chi connectivity index (χ3n) is 5.63.